The minimum Gasteiger partial charge on any atom is -0.450 e. The van der Waals surface area contributed by atoms with Crippen LogP contribution in [0.25, 0.3) is 10.9 Å². The molecular formula is C18H20ClN3O4. The first-order valence-electron chi connectivity index (χ1n) is 8.45. The molecule has 8 heteroatoms. The third-order valence-corrected chi connectivity index (χ3v) is 4.67. The van der Waals surface area contributed by atoms with E-state index in [1.165, 1.54) is 11.5 Å². The molecule has 1 aromatic heterocycles. The van der Waals surface area contributed by atoms with Crippen LogP contribution < -0.4 is 0 Å². The van der Waals surface area contributed by atoms with E-state index in [1.807, 2.05) is 0 Å². The highest BCUT2D eigenvalue weighted by molar-refractivity contribution is 6.31. The van der Waals surface area contributed by atoms with Gasteiger partial charge in [0.2, 0.25) is 5.91 Å². The van der Waals surface area contributed by atoms with Crippen molar-refractivity contribution in [2.45, 2.75) is 13.8 Å². The second-order valence-corrected chi connectivity index (χ2v) is 6.51. The third kappa shape index (κ3) is 3.39. The average Bonchev–Trinajstić information content (AvgIpc) is 3.00. The number of nitrogens with zero attached hydrogens (tertiary/aromatic N) is 3. The maximum atomic E-state index is 13.0. The average molecular weight is 378 g/mol. The smallest absolute Gasteiger partial charge is 0.409 e. The number of piperazine rings is 1. The van der Waals surface area contributed by atoms with Crippen LogP contribution in [0.2, 0.25) is 5.02 Å². The van der Waals surface area contributed by atoms with Crippen molar-refractivity contribution in [3.8, 4) is 0 Å². The number of fused-ring (bicyclic) bond motifs is 1. The van der Waals surface area contributed by atoms with E-state index in [9.17, 15) is 14.4 Å². The molecule has 138 valence electrons. The molecule has 0 atom stereocenters. The van der Waals surface area contributed by atoms with Crippen LogP contribution in [0.1, 0.15) is 29.0 Å². The normalized spacial score (nSPS) is 14.6. The SMILES string of the molecule is CCOC(=O)N1CCN(C(=O)c2cn(C(C)=O)c3cc(Cl)ccc23)CC1. The van der Waals surface area contributed by atoms with E-state index >= 15 is 0 Å². The van der Waals surface area contributed by atoms with Crippen molar-refractivity contribution < 1.29 is 19.1 Å². The molecule has 1 fully saturated rings. The minimum atomic E-state index is -0.359. The van der Waals surface area contributed by atoms with Gasteiger partial charge in [-0.2, -0.15) is 0 Å². The molecule has 7 nitrogen and oxygen atoms in total. The van der Waals surface area contributed by atoms with E-state index in [1.54, 1.807) is 41.1 Å². The highest BCUT2D eigenvalue weighted by Crippen LogP contribution is 2.26. The summed E-state index contributed by atoms with van der Waals surface area (Å²) in [5, 5.41) is 1.18. The van der Waals surface area contributed by atoms with Gasteiger partial charge in [-0.3, -0.25) is 14.2 Å². The molecule has 2 aromatic rings. The largest absolute Gasteiger partial charge is 0.450 e. The number of amides is 2. The lowest BCUT2D eigenvalue weighted by atomic mass is 10.1. The summed E-state index contributed by atoms with van der Waals surface area (Å²) in [5.41, 5.74) is 1.06. The molecule has 0 radical (unpaired) electrons. The summed E-state index contributed by atoms with van der Waals surface area (Å²) < 4.78 is 6.42. The minimum absolute atomic E-state index is 0.166. The van der Waals surface area contributed by atoms with Crippen molar-refractivity contribution in [1.29, 1.82) is 0 Å². The van der Waals surface area contributed by atoms with Gasteiger partial charge < -0.3 is 14.5 Å². The van der Waals surface area contributed by atoms with Gasteiger partial charge in [0.05, 0.1) is 17.7 Å². The molecule has 0 spiro atoms. The zero-order valence-corrected chi connectivity index (χ0v) is 15.5. The third-order valence-electron chi connectivity index (χ3n) is 4.43. The first kappa shape index (κ1) is 18.3. The first-order chi connectivity index (χ1) is 12.4. The molecule has 0 unspecified atom stereocenters. The molecule has 3 rings (SSSR count). The van der Waals surface area contributed by atoms with Gasteiger partial charge in [-0.15, -0.1) is 0 Å². The number of benzene rings is 1. The van der Waals surface area contributed by atoms with E-state index in [0.29, 0.717) is 54.3 Å². The van der Waals surface area contributed by atoms with Crippen molar-refractivity contribution in [3.05, 3.63) is 35.0 Å². The fourth-order valence-electron chi connectivity index (χ4n) is 3.11. The van der Waals surface area contributed by atoms with Crippen molar-refractivity contribution in [2.75, 3.05) is 32.8 Å². The Morgan fingerprint density at radius 3 is 2.38 bits per heavy atom. The predicted octanol–water partition coefficient (Wildman–Crippen LogP) is 2.87. The molecule has 0 N–H and O–H groups in total. The van der Waals surface area contributed by atoms with Crippen LogP contribution in [-0.4, -0.2) is 65.1 Å². The molecule has 1 saturated heterocycles. The summed E-state index contributed by atoms with van der Waals surface area (Å²) in [6.45, 7) is 5.19. The Bertz CT molecular complexity index is 869. The van der Waals surface area contributed by atoms with Gasteiger partial charge in [-0.05, 0) is 19.1 Å². The fourth-order valence-corrected chi connectivity index (χ4v) is 3.27. The second kappa shape index (κ2) is 7.37. The Morgan fingerprint density at radius 1 is 1.12 bits per heavy atom. The second-order valence-electron chi connectivity index (χ2n) is 6.07. The number of hydrogen-bond acceptors (Lipinski definition) is 4. The van der Waals surface area contributed by atoms with Gasteiger partial charge in [0.15, 0.2) is 0 Å². The summed E-state index contributed by atoms with van der Waals surface area (Å²) in [6.07, 6.45) is 1.20. The highest BCUT2D eigenvalue weighted by atomic mass is 35.5. The molecule has 1 aromatic carbocycles. The van der Waals surface area contributed by atoms with E-state index in [0.717, 1.165) is 0 Å². The summed E-state index contributed by atoms with van der Waals surface area (Å²) in [6, 6.07) is 5.12. The van der Waals surface area contributed by atoms with Gasteiger partial charge in [-0.25, -0.2) is 4.79 Å². The van der Waals surface area contributed by atoms with Crippen LogP contribution in [-0.2, 0) is 4.74 Å². The quantitative estimate of drug-likeness (QED) is 0.806. The van der Waals surface area contributed by atoms with Gasteiger partial charge in [0.1, 0.15) is 0 Å². The summed E-state index contributed by atoms with van der Waals surface area (Å²) >= 11 is 6.03. The van der Waals surface area contributed by atoms with Crippen LogP contribution in [0.15, 0.2) is 24.4 Å². The molecule has 1 aliphatic heterocycles. The van der Waals surface area contributed by atoms with Gasteiger partial charge in [0.25, 0.3) is 5.91 Å². The zero-order valence-electron chi connectivity index (χ0n) is 14.7. The Labute approximate surface area is 156 Å². The lowest BCUT2D eigenvalue weighted by Crippen LogP contribution is -2.50. The molecule has 0 aliphatic carbocycles. The van der Waals surface area contributed by atoms with E-state index < -0.39 is 0 Å². The predicted molar refractivity (Wildman–Crippen MR) is 97.7 cm³/mol. The summed E-state index contributed by atoms with van der Waals surface area (Å²) in [5.74, 6) is -0.357. The van der Waals surface area contributed by atoms with Crippen molar-refractivity contribution in [2.24, 2.45) is 0 Å². The van der Waals surface area contributed by atoms with Gasteiger partial charge in [-0.1, -0.05) is 17.7 Å². The van der Waals surface area contributed by atoms with Crippen molar-refractivity contribution in [1.82, 2.24) is 14.4 Å². The Balaban J connectivity index is 1.83. The van der Waals surface area contributed by atoms with Crippen LogP contribution >= 0.6 is 11.6 Å². The maximum Gasteiger partial charge on any atom is 0.409 e. The molecule has 26 heavy (non-hydrogen) atoms. The molecule has 2 heterocycles. The molecular weight excluding hydrogens is 358 g/mol. The Kier molecular flexibility index (Phi) is 5.18. The van der Waals surface area contributed by atoms with Crippen LogP contribution in [0.4, 0.5) is 4.79 Å². The number of hydrogen-bond donors (Lipinski definition) is 0. The zero-order chi connectivity index (χ0) is 18.8. The van der Waals surface area contributed by atoms with Crippen LogP contribution in [0.5, 0.6) is 0 Å². The van der Waals surface area contributed by atoms with Crippen LogP contribution in [0, 0.1) is 0 Å². The fraction of sp³-hybridized carbons (Fsp3) is 0.389. The first-order valence-corrected chi connectivity index (χ1v) is 8.82. The van der Waals surface area contributed by atoms with E-state index in [-0.39, 0.29) is 17.9 Å². The molecule has 0 bridgehead atoms. The topological polar surface area (TPSA) is 71.8 Å². The number of carbonyl (C=O) groups excluding carboxylic acids is 3. The summed E-state index contributed by atoms with van der Waals surface area (Å²) in [7, 11) is 0. The summed E-state index contributed by atoms with van der Waals surface area (Å²) in [4.78, 5) is 39.9. The van der Waals surface area contributed by atoms with Crippen molar-refractivity contribution in [3.63, 3.8) is 0 Å². The number of aromatic nitrogens is 1. The van der Waals surface area contributed by atoms with E-state index in [4.69, 9.17) is 16.3 Å². The lowest BCUT2D eigenvalue weighted by Gasteiger charge is -2.34. The Hall–Kier alpha value is -2.54. The number of halogens is 1. The maximum absolute atomic E-state index is 13.0. The van der Waals surface area contributed by atoms with Gasteiger partial charge in [0, 0.05) is 49.7 Å². The molecule has 1 aliphatic rings. The van der Waals surface area contributed by atoms with Crippen molar-refractivity contribution >= 4 is 40.4 Å². The monoisotopic (exact) mass is 377 g/mol. The standard InChI is InChI=1S/C18H20ClN3O4/c1-3-26-18(25)21-8-6-20(7-9-21)17(24)15-11-22(12(2)23)16-10-13(19)4-5-14(15)16/h4-5,10-11H,3,6-9H2,1-2H3. The van der Waals surface area contributed by atoms with E-state index in [2.05, 4.69) is 0 Å². The number of carbonyl (C=O) groups is 3. The Morgan fingerprint density at radius 2 is 1.77 bits per heavy atom. The van der Waals surface area contributed by atoms with Gasteiger partial charge >= 0.3 is 6.09 Å². The number of ether oxygens (including phenoxy) is 1. The highest BCUT2D eigenvalue weighted by Gasteiger charge is 2.27. The van der Waals surface area contributed by atoms with Crippen LogP contribution in [0.3, 0.4) is 0 Å². The molecule has 0 saturated carbocycles. The lowest BCUT2D eigenvalue weighted by molar-refractivity contribution is 0.0572. The molecule has 2 amide bonds. The number of rotatable bonds is 2.